The Bertz CT molecular complexity index is 102. The zero-order chi connectivity index (χ0) is 9.02. The van der Waals surface area contributed by atoms with E-state index < -0.39 is 0 Å². The van der Waals surface area contributed by atoms with E-state index in [4.69, 9.17) is 5.73 Å². The van der Waals surface area contributed by atoms with E-state index in [1.54, 1.807) is 0 Å². The number of likely N-dealkylation sites (N-methyl/N-ethyl adjacent to an activating group) is 1. The van der Waals surface area contributed by atoms with Crippen molar-refractivity contribution in [3.8, 4) is 0 Å². The lowest BCUT2D eigenvalue weighted by molar-refractivity contribution is 0.181. The molecule has 0 saturated heterocycles. The van der Waals surface area contributed by atoms with Crippen LogP contribution in [0.25, 0.3) is 0 Å². The largest absolute Gasteiger partial charge is 0.326 e. The third-order valence-corrected chi connectivity index (χ3v) is 2.55. The van der Waals surface area contributed by atoms with E-state index in [-0.39, 0.29) is 0 Å². The molecular weight excluding hydrogens is 136 g/mol. The van der Waals surface area contributed by atoms with Crippen LogP contribution in [-0.2, 0) is 0 Å². The van der Waals surface area contributed by atoms with Crippen molar-refractivity contribution in [3.63, 3.8) is 0 Å². The molecule has 0 spiro atoms. The maximum Gasteiger partial charge on any atom is 0.0218 e. The lowest BCUT2D eigenvalue weighted by Crippen LogP contribution is -2.46. The quantitative estimate of drug-likeness (QED) is 0.671. The molecule has 2 N–H and O–H groups in total. The molecule has 68 valence electrons. The molecule has 2 heteroatoms. The van der Waals surface area contributed by atoms with E-state index in [9.17, 15) is 0 Å². The summed E-state index contributed by atoms with van der Waals surface area (Å²) in [5.74, 6) is 0. The maximum atomic E-state index is 5.91. The number of hydrogen-bond donors (Lipinski definition) is 1. The van der Waals surface area contributed by atoms with Crippen molar-refractivity contribution < 1.29 is 0 Å². The van der Waals surface area contributed by atoms with Crippen molar-refractivity contribution in [1.29, 1.82) is 0 Å². The zero-order valence-corrected chi connectivity index (χ0v) is 8.46. The molecule has 0 saturated carbocycles. The highest BCUT2D eigenvalue weighted by Gasteiger charge is 2.17. The number of nitrogens with zero attached hydrogens (tertiary/aromatic N) is 1. The lowest BCUT2D eigenvalue weighted by atomic mass is 10.1. The Hall–Kier alpha value is -0.0800. The van der Waals surface area contributed by atoms with Crippen molar-refractivity contribution in [3.05, 3.63) is 0 Å². The Labute approximate surface area is 70.8 Å². The van der Waals surface area contributed by atoms with Crippen LogP contribution in [0, 0.1) is 0 Å². The predicted octanol–water partition coefficient (Wildman–Crippen LogP) is 1.45. The third-order valence-electron chi connectivity index (χ3n) is 2.55. The molecule has 0 aromatic heterocycles. The van der Waals surface area contributed by atoms with Crippen LogP contribution < -0.4 is 5.73 Å². The van der Waals surface area contributed by atoms with Gasteiger partial charge in [-0.3, -0.25) is 4.90 Å². The Morgan fingerprint density at radius 2 is 1.73 bits per heavy atom. The summed E-state index contributed by atoms with van der Waals surface area (Å²) in [6.07, 6.45) is 1.05. The fourth-order valence-electron chi connectivity index (χ4n) is 1.11. The van der Waals surface area contributed by atoms with Gasteiger partial charge < -0.3 is 5.73 Å². The minimum Gasteiger partial charge on any atom is -0.326 e. The highest BCUT2D eigenvalue weighted by atomic mass is 15.2. The molecule has 0 aromatic rings. The minimum atomic E-state index is 0.308. The van der Waals surface area contributed by atoms with E-state index >= 15 is 0 Å². The van der Waals surface area contributed by atoms with Crippen LogP contribution in [0.15, 0.2) is 0 Å². The second kappa shape index (κ2) is 4.73. The highest BCUT2D eigenvalue weighted by molar-refractivity contribution is 4.76. The predicted molar refractivity (Wildman–Crippen MR) is 50.6 cm³/mol. The molecule has 0 aromatic carbocycles. The topological polar surface area (TPSA) is 29.3 Å². The Kier molecular flexibility index (Phi) is 4.69. The van der Waals surface area contributed by atoms with Gasteiger partial charge in [0.2, 0.25) is 0 Å². The van der Waals surface area contributed by atoms with Crippen LogP contribution in [0.1, 0.15) is 34.1 Å². The van der Waals surface area contributed by atoms with Crippen LogP contribution in [-0.4, -0.2) is 30.1 Å². The lowest BCUT2D eigenvalue weighted by Gasteiger charge is -2.32. The average molecular weight is 158 g/mol. The van der Waals surface area contributed by atoms with Crippen LogP contribution in [0.5, 0.6) is 0 Å². The summed E-state index contributed by atoms with van der Waals surface area (Å²) >= 11 is 0. The number of nitrogens with two attached hydrogens (primary N) is 1. The molecule has 0 fully saturated rings. The zero-order valence-electron chi connectivity index (χ0n) is 8.46. The van der Waals surface area contributed by atoms with E-state index in [1.807, 2.05) is 0 Å². The van der Waals surface area contributed by atoms with Crippen molar-refractivity contribution in [1.82, 2.24) is 4.90 Å². The fourth-order valence-corrected chi connectivity index (χ4v) is 1.11. The van der Waals surface area contributed by atoms with Gasteiger partial charge >= 0.3 is 0 Å². The summed E-state index contributed by atoms with van der Waals surface area (Å²) in [5, 5.41) is 0. The second-order valence-corrected chi connectivity index (χ2v) is 3.57. The van der Waals surface area contributed by atoms with Gasteiger partial charge in [-0.15, -0.1) is 0 Å². The van der Waals surface area contributed by atoms with Gasteiger partial charge in [0.1, 0.15) is 0 Å². The van der Waals surface area contributed by atoms with Crippen LogP contribution in [0.2, 0.25) is 0 Å². The smallest absolute Gasteiger partial charge is 0.0218 e. The van der Waals surface area contributed by atoms with Gasteiger partial charge in [0.15, 0.2) is 0 Å². The molecule has 0 aliphatic carbocycles. The van der Waals surface area contributed by atoms with E-state index in [0.717, 1.165) is 6.42 Å². The maximum absolute atomic E-state index is 5.91. The van der Waals surface area contributed by atoms with Crippen LogP contribution in [0.4, 0.5) is 0 Å². The molecule has 0 bridgehead atoms. The molecule has 2 unspecified atom stereocenters. The first-order valence-corrected chi connectivity index (χ1v) is 4.48. The van der Waals surface area contributed by atoms with E-state index in [1.165, 1.54) is 0 Å². The molecule has 2 nitrogen and oxygen atoms in total. The summed E-state index contributed by atoms with van der Waals surface area (Å²) in [4.78, 5) is 2.31. The summed E-state index contributed by atoms with van der Waals surface area (Å²) in [6, 6.07) is 1.38. The first kappa shape index (κ1) is 10.9. The standard InChI is InChI=1S/C9H22N2/c1-6-9(10)8(4)11(5)7(2)3/h7-9H,6,10H2,1-5H3. The summed E-state index contributed by atoms with van der Waals surface area (Å²) in [7, 11) is 2.13. The minimum absolute atomic E-state index is 0.308. The monoisotopic (exact) mass is 158 g/mol. The van der Waals surface area contributed by atoms with Crippen LogP contribution >= 0.6 is 0 Å². The third kappa shape index (κ3) is 3.21. The molecule has 11 heavy (non-hydrogen) atoms. The van der Waals surface area contributed by atoms with Gasteiger partial charge in [0.25, 0.3) is 0 Å². The molecule has 0 heterocycles. The molecule has 0 rings (SSSR count). The van der Waals surface area contributed by atoms with Crippen LogP contribution in [0.3, 0.4) is 0 Å². The van der Waals surface area contributed by atoms with Gasteiger partial charge in [0, 0.05) is 18.1 Å². The SMILES string of the molecule is CCC(N)C(C)N(C)C(C)C. The molecule has 2 atom stereocenters. The highest BCUT2D eigenvalue weighted by Crippen LogP contribution is 2.06. The van der Waals surface area contributed by atoms with Gasteiger partial charge in [-0.05, 0) is 34.2 Å². The fraction of sp³-hybridized carbons (Fsp3) is 1.00. The molecule has 0 radical (unpaired) electrons. The van der Waals surface area contributed by atoms with Crippen molar-refractivity contribution in [2.75, 3.05) is 7.05 Å². The van der Waals surface area contributed by atoms with Crippen molar-refractivity contribution in [2.45, 2.75) is 52.2 Å². The Morgan fingerprint density at radius 1 is 1.27 bits per heavy atom. The summed E-state index contributed by atoms with van der Waals surface area (Å²) in [5.41, 5.74) is 5.91. The summed E-state index contributed by atoms with van der Waals surface area (Å²) < 4.78 is 0. The number of rotatable bonds is 4. The molecule has 0 aliphatic rings. The Morgan fingerprint density at radius 3 is 2.00 bits per heavy atom. The van der Waals surface area contributed by atoms with Gasteiger partial charge in [-0.1, -0.05) is 6.92 Å². The van der Waals surface area contributed by atoms with Gasteiger partial charge in [-0.2, -0.15) is 0 Å². The Balaban J connectivity index is 3.90. The van der Waals surface area contributed by atoms with Gasteiger partial charge in [0.05, 0.1) is 0 Å². The van der Waals surface area contributed by atoms with E-state index in [0.29, 0.717) is 18.1 Å². The summed E-state index contributed by atoms with van der Waals surface area (Å²) in [6.45, 7) is 8.71. The first-order valence-electron chi connectivity index (χ1n) is 4.48. The van der Waals surface area contributed by atoms with Crippen molar-refractivity contribution in [2.24, 2.45) is 5.73 Å². The normalized spacial score (nSPS) is 17.5. The molecular formula is C9H22N2. The molecule has 0 amide bonds. The molecule has 0 aliphatic heterocycles. The van der Waals surface area contributed by atoms with E-state index in [2.05, 4.69) is 39.6 Å². The van der Waals surface area contributed by atoms with Gasteiger partial charge in [-0.25, -0.2) is 0 Å². The first-order chi connectivity index (χ1) is 5.00. The van der Waals surface area contributed by atoms with Crippen molar-refractivity contribution >= 4 is 0 Å². The average Bonchev–Trinajstić information content (AvgIpc) is 2.00. The second-order valence-electron chi connectivity index (χ2n) is 3.57. The number of hydrogen-bond acceptors (Lipinski definition) is 2.